The average Bonchev–Trinajstić information content (AvgIpc) is 2.43. The molecule has 20 heavy (non-hydrogen) atoms. The Hall–Kier alpha value is -1.17. The number of rotatable bonds is 5. The minimum atomic E-state index is -3.33. The Labute approximate surface area is 128 Å². The molecule has 2 N–H and O–H groups in total. The van der Waals surface area contributed by atoms with Crippen LogP contribution in [0.25, 0.3) is 0 Å². The second-order valence-electron chi connectivity index (χ2n) is 4.16. The zero-order valence-corrected chi connectivity index (χ0v) is 13.0. The summed E-state index contributed by atoms with van der Waals surface area (Å²) in [4.78, 5) is 1.27. The largest absolute Gasteiger partial charge is 0.398 e. The number of benzene rings is 2. The van der Waals surface area contributed by atoms with Crippen LogP contribution >= 0.6 is 23.4 Å². The van der Waals surface area contributed by atoms with Gasteiger partial charge in [-0.2, -0.15) is 0 Å². The number of thioether (sulfide) groups is 1. The molecule has 0 spiro atoms. The van der Waals surface area contributed by atoms with E-state index in [1.54, 1.807) is 0 Å². The number of hydrogen-bond acceptors (Lipinski definition) is 4. The molecule has 0 radical (unpaired) electrons. The molecule has 2 rings (SSSR count). The molecule has 106 valence electrons. The van der Waals surface area contributed by atoms with Crippen molar-refractivity contribution in [2.24, 2.45) is 0 Å². The van der Waals surface area contributed by atoms with Crippen LogP contribution in [0.15, 0.2) is 58.3 Å². The molecule has 0 fully saturated rings. The number of anilines is 1. The lowest BCUT2D eigenvalue weighted by atomic mass is 10.3. The van der Waals surface area contributed by atoms with Gasteiger partial charge in [-0.3, -0.25) is 0 Å². The molecular weight excluding hydrogens is 314 g/mol. The van der Waals surface area contributed by atoms with Gasteiger partial charge in [0, 0.05) is 10.6 Å². The highest BCUT2D eigenvalue weighted by Gasteiger charge is 2.15. The predicted molar refractivity (Wildman–Crippen MR) is 85.1 cm³/mol. The quantitative estimate of drug-likeness (QED) is 0.674. The van der Waals surface area contributed by atoms with Gasteiger partial charge < -0.3 is 5.73 Å². The van der Waals surface area contributed by atoms with Gasteiger partial charge in [-0.1, -0.05) is 29.8 Å². The van der Waals surface area contributed by atoms with Crippen molar-refractivity contribution in [3.63, 3.8) is 0 Å². The first kappa shape index (κ1) is 15.2. The lowest BCUT2D eigenvalue weighted by Gasteiger charge is -2.06. The fourth-order valence-corrected chi connectivity index (χ4v) is 4.46. The van der Waals surface area contributed by atoms with Gasteiger partial charge in [0.25, 0.3) is 0 Å². The first-order valence-corrected chi connectivity index (χ1v) is 8.96. The summed E-state index contributed by atoms with van der Waals surface area (Å²) in [5.41, 5.74) is 5.96. The minimum Gasteiger partial charge on any atom is -0.398 e. The second-order valence-corrected chi connectivity index (χ2v) is 7.85. The van der Waals surface area contributed by atoms with Gasteiger partial charge in [-0.05, 0) is 30.3 Å². The zero-order valence-electron chi connectivity index (χ0n) is 10.6. The molecule has 0 aliphatic carbocycles. The molecule has 0 atom stereocenters. The maximum atomic E-state index is 12.2. The minimum absolute atomic E-state index is 0.0623. The van der Waals surface area contributed by atoms with Crippen molar-refractivity contribution < 1.29 is 8.42 Å². The van der Waals surface area contributed by atoms with E-state index in [-0.39, 0.29) is 15.7 Å². The molecule has 0 amide bonds. The molecule has 0 heterocycles. The number of nitrogen functional groups attached to an aromatic ring is 1. The summed E-state index contributed by atoms with van der Waals surface area (Å²) >= 11 is 7.37. The van der Waals surface area contributed by atoms with Crippen molar-refractivity contribution in [2.75, 3.05) is 17.2 Å². The fraction of sp³-hybridized carbons (Fsp3) is 0.143. The molecule has 0 saturated heterocycles. The Bertz CT molecular complexity index is 688. The Morgan fingerprint density at radius 3 is 2.45 bits per heavy atom. The smallest absolute Gasteiger partial charge is 0.179 e. The van der Waals surface area contributed by atoms with E-state index in [2.05, 4.69) is 0 Å². The van der Waals surface area contributed by atoms with Crippen molar-refractivity contribution in [2.45, 2.75) is 9.79 Å². The number of halogens is 1. The maximum Gasteiger partial charge on any atom is 0.179 e. The Kier molecular flexibility index (Phi) is 4.96. The number of hydrogen-bond donors (Lipinski definition) is 1. The molecule has 0 bridgehead atoms. The molecule has 6 heteroatoms. The summed E-state index contributed by atoms with van der Waals surface area (Å²) in [6.07, 6.45) is 0. The van der Waals surface area contributed by atoms with Gasteiger partial charge in [0.05, 0.1) is 21.4 Å². The van der Waals surface area contributed by atoms with E-state index in [9.17, 15) is 8.42 Å². The third-order valence-electron chi connectivity index (χ3n) is 2.70. The van der Waals surface area contributed by atoms with E-state index in [4.69, 9.17) is 17.3 Å². The molecule has 0 aromatic heterocycles. The lowest BCUT2D eigenvalue weighted by Crippen LogP contribution is -2.09. The standard InChI is InChI=1S/C14H14ClNO2S2/c15-13-10-12(6-7-14(13)16)20(17,18)9-8-19-11-4-2-1-3-5-11/h1-7,10H,8-9,16H2. The molecule has 0 aliphatic heterocycles. The Morgan fingerprint density at radius 2 is 1.80 bits per heavy atom. The van der Waals surface area contributed by atoms with Crippen LogP contribution in [-0.2, 0) is 9.84 Å². The lowest BCUT2D eigenvalue weighted by molar-refractivity contribution is 0.597. The molecular formula is C14H14ClNO2S2. The van der Waals surface area contributed by atoms with E-state index in [1.165, 1.54) is 30.0 Å². The number of nitrogens with two attached hydrogens (primary N) is 1. The summed E-state index contributed by atoms with van der Waals surface area (Å²) in [6, 6.07) is 14.1. The second kappa shape index (κ2) is 6.52. The summed E-state index contributed by atoms with van der Waals surface area (Å²) < 4.78 is 24.3. The van der Waals surface area contributed by atoms with Crippen LogP contribution in [0.1, 0.15) is 0 Å². The Balaban J connectivity index is 2.02. The molecule has 3 nitrogen and oxygen atoms in total. The van der Waals surface area contributed by atoms with Gasteiger partial charge in [0.2, 0.25) is 0 Å². The molecule has 0 aliphatic rings. The van der Waals surface area contributed by atoms with Gasteiger partial charge in [0.15, 0.2) is 9.84 Å². The summed E-state index contributed by atoms with van der Waals surface area (Å²) in [7, 11) is -3.33. The molecule has 0 saturated carbocycles. The third-order valence-corrected chi connectivity index (χ3v) is 6.01. The summed E-state index contributed by atoms with van der Waals surface area (Å²) in [6.45, 7) is 0. The highest BCUT2D eigenvalue weighted by molar-refractivity contribution is 8.00. The molecule has 2 aromatic carbocycles. The van der Waals surface area contributed by atoms with Gasteiger partial charge in [0.1, 0.15) is 0 Å². The van der Waals surface area contributed by atoms with Gasteiger partial charge in [-0.15, -0.1) is 11.8 Å². The highest BCUT2D eigenvalue weighted by Crippen LogP contribution is 2.24. The molecule has 0 unspecified atom stereocenters. The van der Waals surface area contributed by atoms with Crippen molar-refractivity contribution in [3.05, 3.63) is 53.6 Å². The van der Waals surface area contributed by atoms with Crippen LogP contribution < -0.4 is 5.73 Å². The maximum absolute atomic E-state index is 12.2. The topological polar surface area (TPSA) is 60.2 Å². The summed E-state index contributed by atoms with van der Waals surface area (Å²) in [5.74, 6) is 0.557. The SMILES string of the molecule is Nc1ccc(S(=O)(=O)CCSc2ccccc2)cc1Cl. The Morgan fingerprint density at radius 1 is 1.10 bits per heavy atom. The normalized spacial score (nSPS) is 11.4. The van der Waals surface area contributed by atoms with Crippen LogP contribution in [0.2, 0.25) is 5.02 Å². The van der Waals surface area contributed by atoms with Crippen molar-refractivity contribution in [3.8, 4) is 0 Å². The molecule has 2 aromatic rings. The van der Waals surface area contributed by atoms with E-state index in [0.29, 0.717) is 11.4 Å². The van der Waals surface area contributed by atoms with Crippen molar-refractivity contribution in [1.82, 2.24) is 0 Å². The van der Waals surface area contributed by atoms with Gasteiger partial charge in [-0.25, -0.2) is 8.42 Å². The van der Waals surface area contributed by atoms with E-state index < -0.39 is 9.84 Å². The van der Waals surface area contributed by atoms with Crippen molar-refractivity contribution in [1.29, 1.82) is 0 Å². The predicted octanol–water partition coefficient (Wildman–Crippen LogP) is 3.49. The summed E-state index contributed by atoms with van der Waals surface area (Å²) in [5, 5.41) is 0.266. The van der Waals surface area contributed by atoms with Crippen LogP contribution in [-0.4, -0.2) is 19.9 Å². The number of sulfone groups is 1. The average molecular weight is 328 g/mol. The monoisotopic (exact) mass is 327 g/mol. The first-order chi connectivity index (χ1) is 9.49. The van der Waals surface area contributed by atoms with Crippen LogP contribution in [0.5, 0.6) is 0 Å². The van der Waals surface area contributed by atoms with E-state index in [1.807, 2.05) is 30.3 Å². The zero-order chi connectivity index (χ0) is 14.6. The third kappa shape index (κ3) is 3.91. The van der Waals surface area contributed by atoms with Crippen LogP contribution in [0, 0.1) is 0 Å². The van der Waals surface area contributed by atoms with Crippen molar-refractivity contribution >= 4 is 38.9 Å². The van der Waals surface area contributed by atoms with Gasteiger partial charge >= 0.3 is 0 Å². The fourth-order valence-electron chi connectivity index (χ4n) is 1.61. The first-order valence-electron chi connectivity index (χ1n) is 5.95. The van der Waals surface area contributed by atoms with Crippen LogP contribution in [0.3, 0.4) is 0 Å². The van der Waals surface area contributed by atoms with E-state index in [0.717, 1.165) is 4.90 Å². The van der Waals surface area contributed by atoms with Crippen LogP contribution in [0.4, 0.5) is 5.69 Å². The highest BCUT2D eigenvalue weighted by atomic mass is 35.5. The van der Waals surface area contributed by atoms with E-state index >= 15 is 0 Å².